The lowest BCUT2D eigenvalue weighted by Crippen LogP contribution is -2.13. The van der Waals surface area contributed by atoms with Gasteiger partial charge in [-0.25, -0.2) is 0 Å². The number of furan rings is 1. The molecule has 142 valence electrons. The minimum Gasteiger partial charge on any atom is -0.489 e. The molecule has 6 nitrogen and oxygen atoms in total. The van der Waals surface area contributed by atoms with E-state index in [1.165, 1.54) is 6.26 Å². The summed E-state index contributed by atoms with van der Waals surface area (Å²) in [5.74, 6) is 0.155. The van der Waals surface area contributed by atoms with Gasteiger partial charge in [-0.15, -0.1) is 0 Å². The molecule has 0 aliphatic heterocycles. The normalized spacial score (nSPS) is 10.2. The fraction of sp³-hybridized carbons (Fsp3) is 0.0909. The van der Waals surface area contributed by atoms with Crippen LogP contribution in [0.4, 0.5) is 11.4 Å². The van der Waals surface area contributed by atoms with Crippen LogP contribution in [0.2, 0.25) is 0 Å². The summed E-state index contributed by atoms with van der Waals surface area (Å²) in [6, 6.07) is 17.0. The van der Waals surface area contributed by atoms with E-state index < -0.39 is 0 Å². The summed E-state index contributed by atoms with van der Waals surface area (Å²) in [4.78, 5) is 24.6. The summed E-state index contributed by atoms with van der Waals surface area (Å²) >= 11 is 0. The highest BCUT2D eigenvalue weighted by atomic mass is 16.5. The van der Waals surface area contributed by atoms with Gasteiger partial charge in [0.15, 0.2) is 5.76 Å². The van der Waals surface area contributed by atoms with Gasteiger partial charge < -0.3 is 19.8 Å². The maximum absolute atomic E-state index is 12.5. The zero-order valence-corrected chi connectivity index (χ0v) is 15.4. The van der Waals surface area contributed by atoms with E-state index >= 15 is 0 Å². The van der Waals surface area contributed by atoms with Crippen LogP contribution >= 0.6 is 0 Å². The predicted octanol–water partition coefficient (Wildman–Crippen LogP) is 4.74. The van der Waals surface area contributed by atoms with E-state index in [2.05, 4.69) is 17.2 Å². The second kappa shape index (κ2) is 8.73. The first-order valence-corrected chi connectivity index (χ1v) is 8.65. The highest BCUT2D eigenvalue weighted by Crippen LogP contribution is 2.19. The molecule has 0 saturated carbocycles. The third-order valence-electron chi connectivity index (χ3n) is 3.70. The molecule has 3 rings (SSSR count). The third-order valence-corrected chi connectivity index (χ3v) is 3.70. The smallest absolute Gasteiger partial charge is 0.291 e. The molecular formula is C22H20N2O4. The second-order valence-corrected chi connectivity index (χ2v) is 6.24. The molecule has 0 bridgehead atoms. The number of rotatable bonds is 7. The lowest BCUT2D eigenvalue weighted by atomic mass is 10.2. The predicted molar refractivity (Wildman–Crippen MR) is 108 cm³/mol. The molecule has 0 spiro atoms. The van der Waals surface area contributed by atoms with Gasteiger partial charge in [0.2, 0.25) is 0 Å². The second-order valence-electron chi connectivity index (χ2n) is 6.24. The van der Waals surface area contributed by atoms with E-state index in [-0.39, 0.29) is 17.6 Å². The Bertz CT molecular complexity index is 993. The fourth-order valence-electron chi connectivity index (χ4n) is 2.41. The van der Waals surface area contributed by atoms with E-state index in [4.69, 9.17) is 9.15 Å². The summed E-state index contributed by atoms with van der Waals surface area (Å²) in [5.41, 5.74) is 2.45. The average Bonchev–Trinajstić information content (AvgIpc) is 3.22. The minimum atomic E-state index is -0.365. The van der Waals surface area contributed by atoms with Crippen molar-refractivity contribution in [1.29, 1.82) is 0 Å². The Kier molecular flexibility index (Phi) is 5.91. The van der Waals surface area contributed by atoms with Gasteiger partial charge in [0, 0.05) is 16.9 Å². The monoisotopic (exact) mass is 376 g/mol. The Balaban J connectivity index is 1.66. The van der Waals surface area contributed by atoms with Gasteiger partial charge in [-0.2, -0.15) is 0 Å². The van der Waals surface area contributed by atoms with Crippen molar-refractivity contribution in [3.05, 3.63) is 90.4 Å². The molecular weight excluding hydrogens is 356 g/mol. The first kappa shape index (κ1) is 19.0. The van der Waals surface area contributed by atoms with Crippen LogP contribution in [0.1, 0.15) is 27.8 Å². The van der Waals surface area contributed by atoms with Crippen LogP contribution in [0.3, 0.4) is 0 Å². The zero-order chi connectivity index (χ0) is 19.9. The minimum absolute atomic E-state index is 0.209. The fourth-order valence-corrected chi connectivity index (χ4v) is 2.41. The molecule has 0 aliphatic carbocycles. The molecule has 0 atom stereocenters. The molecule has 1 aromatic heterocycles. The van der Waals surface area contributed by atoms with E-state index in [0.29, 0.717) is 29.3 Å². The number of benzene rings is 2. The van der Waals surface area contributed by atoms with Crippen molar-refractivity contribution < 1.29 is 18.7 Å². The molecule has 2 amide bonds. The lowest BCUT2D eigenvalue weighted by Gasteiger charge is -2.10. The van der Waals surface area contributed by atoms with Crippen molar-refractivity contribution in [2.45, 2.75) is 6.92 Å². The van der Waals surface area contributed by atoms with E-state index in [0.717, 1.165) is 5.57 Å². The molecule has 0 unspecified atom stereocenters. The molecule has 1 heterocycles. The van der Waals surface area contributed by atoms with Gasteiger partial charge in [-0.3, -0.25) is 9.59 Å². The van der Waals surface area contributed by atoms with Crippen LogP contribution in [0.25, 0.3) is 0 Å². The van der Waals surface area contributed by atoms with Crippen molar-refractivity contribution in [3.8, 4) is 5.75 Å². The number of hydrogen-bond acceptors (Lipinski definition) is 4. The Morgan fingerprint density at radius 2 is 1.68 bits per heavy atom. The number of nitrogens with one attached hydrogen (secondary N) is 2. The van der Waals surface area contributed by atoms with Gasteiger partial charge in [-0.1, -0.05) is 18.7 Å². The Morgan fingerprint density at radius 1 is 0.964 bits per heavy atom. The maximum Gasteiger partial charge on any atom is 0.291 e. The lowest BCUT2D eigenvalue weighted by molar-refractivity contribution is 0.0995. The summed E-state index contributed by atoms with van der Waals surface area (Å²) in [7, 11) is 0. The van der Waals surface area contributed by atoms with E-state index in [1.54, 1.807) is 60.7 Å². The maximum atomic E-state index is 12.5. The zero-order valence-electron chi connectivity index (χ0n) is 15.4. The van der Waals surface area contributed by atoms with Crippen molar-refractivity contribution in [3.63, 3.8) is 0 Å². The summed E-state index contributed by atoms with van der Waals surface area (Å²) in [6.07, 6.45) is 1.43. The third kappa shape index (κ3) is 5.11. The summed E-state index contributed by atoms with van der Waals surface area (Å²) < 4.78 is 10.6. The van der Waals surface area contributed by atoms with Crippen LogP contribution in [-0.2, 0) is 0 Å². The Labute approximate surface area is 162 Å². The largest absolute Gasteiger partial charge is 0.489 e. The molecule has 0 saturated heterocycles. The van der Waals surface area contributed by atoms with Gasteiger partial charge in [0.05, 0.1) is 6.26 Å². The van der Waals surface area contributed by atoms with E-state index in [1.807, 2.05) is 6.92 Å². The number of carbonyl (C=O) groups is 2. The van der Waals surface area contributed by atoms with Crippen molar-refractivity contribution in [1.82, 2.24) is 0 Å². The number of hydrogen-bond donors (Lipinski definition) is 2. The molecule has 28 heavy (non-hydrogen) atoms. The van der Waals surface area contributed by atoms with Gasteiger partial charge in [0.1, 0.15) is 12.4 Å². The van der Waals surface area contributed by atoms with Crippen molar-refractivity contribution in [2.24, 2.45) is 0 Å². The molecule has 3 aromatic rings. The van der Waals surface area contributed by atoms with E-state index in [9.17, 15) is 9.59 Å². The first-order valence-electron chi connectivity index (χ1n) is 8.65. The van der Waals surface area contributed by atoms with Crippen LogP contribution in [0.15, 0.2) is 83.5 Å². The Hall–Kier alpha value is -3.80. The molecule has 2 aromatic carbocycles. The number of ether oxygens (including phenoxy) is 1. The summed E-state index contributed by atoms with van der Waals surface area (Å²) in [5, 5.41) is 5.53. The standard InChI is InChI=1S/C22H20N2O4/c1-15(2)14-28-19-9-3-6-16(12-19)21(25)23-17-7-4-8-18(13-17)24-22(26)20-10-5-11-27-20/h3-13H,1,14H2,2H3,(H,23,25)(H,24,26). The number of carbonyl (C=O) groups excluding carboxylic acids is 2. The molecule has 2 N–H and O–H groups in total. The van der Waals surface area contributed by atoms with Gasteiger partial charge in [0.25, 0.3) is 11.8 Å². The molecule has 0 fully saturated rings. The average molecular weight is 376 g/mol. The molecule has 0 aliphatic rings. The Morgan fingerprint density at radius 3 is 2.36 bits per heavy atom. The quantitative estimate of drug-likeness (QED) is 0.584. The van der Waals surface area contributed by atoms with Crippen molar-refractivity contribution in [2.75, 3.05) is 17.2 Å². The van der Waals surface area contributed by atoms with Gasteiger partial charge >= 0.3 is 0 Å². The van der Waals surface area contributed by atoms with Crippen molar-refractivity contribution >= 4 is 23.2 Å². The van der Waals surface area contributed by atoms with Crippen LogP contribution < -0.4 is 15.4 Å². The topological polar surface area (TPSA) is 80.6 Å². The number of anilines is 2. The first-order chi connectivity index (χ1) is 13.5. The highest BCUT2D eigenvalue weighted by Gasteiger charge is 2.11. The van der Waals surface area contributed by atoms with Crippen LogP contribution in [0, 0.1) is 0 Å². The SMILES string of the molecule is C=C(C)COc1cccc(C(=O)Nc2cccc(NC(=O)c3ccco3)c2)c1. The summed E-state index contributed by atoms with van der Waals surface area (Å²) in [6.45, 7) is 6.05. The van der Waals surface area contributed by atoms with Crippen LogP contribution in [-0.4, -0.2) is 18.4 Å². The molecule has 0 radical (unpaired) electrons. The number of amides is 2. The highest BCUT2D eigenvalue weighted by molar-refractivity contribution is 6.05. The van der Waals surface area contributed by atoms with Crippen LogP contribution in [0.5, 0.6) is 5.75 Å². The molecule has 6 heteroatoms. The van der Waals surface area contributed by atoms with Gasteiger partial charge in [-0.05, 0) is 61.0 Å².